The van der Waals surface area contributed by atoms with Crippen LogP contribution >= 0.6 is 0 Å². The molecule has 0 aliphatic carbocycles. The molecule has 0 radical (unpaired) electrons. The third kappa shape index (κ3) is 3.30. The molecule has 1 atom stereocenters. The van der Waals surface area contributed by atoms with Crippen molar-refractivity contribution in [3.8, 4) is 11.5 Å². The smallest absolute Gasteiger partial charge is 0.273 e. The van der Waals surface area contributed by atoms with E-state index in [-0.39, 0.29) is 5.69 Å². The van der Waals surface area contributed by atoms with Crippen LogP contribution in [-0.4, -0.2) is 15.0 Å². The molecule has 1 aromatic heterocycles. The summed E-state index contributed by atoms with van der Waals surface area (Å²) in [4.78, 5) is 14.3. The van der Waals surface area contributed by atoms with Crippen LogP contribution in [0, 0.1) is 10.1 Å². The quantitative estimate of drug-likeness (QED) is 0.668. The van der Waals surface area contributed by atoms with Crippen LogP contribution in [-0.2, 0) is 0 Å². The van der Waals surface area contributed by atoms with Gasteiger partial charge in [0.15, 0.2) is 0 Å². The second kappa shape index (κ2) is 6.12. The van der Waals surface area contributed by atoms with E-state index >= 15 is 0 Å². The van der Waals surface area contributed by atoms with Gasteiger partial charge >= 0.3 is 0 Å². The monoisotopic (exact) mass is 274 g/mol. The lowest BCUT2D eigenvalue weighted by Crippen LogP contribution is -1.98. The average Bonchev–Trinajstić information content (AvgIpc) is 2.47. The van der Waals surface area contributed by atoms with Crippen LogP contribution in [0.3, 0.4) is 0 Å². The first-order chi connectivity index (χ1) is 9.60. The van der Waals surface area contributed by atoms with Gasteiger partial charge in [-0.25, -0.2) is 0 Å². The van der Waals surface area contributed by atoms with Crippen molar-refractivity contribution in [1.29, 1.82) is 0 Å². The molecular weight excluding hydrogens is 260 g/mol. The van der Waals surface area contributed by atoms with Crippen molar-refractivity contribution < 1.29 is 14.8 Å². The van der Waals surface area contributed by atoms with Crippen LogP contribution in [0.2, 0.25) is 0 Å². The van der Waals surface area contributed by atoms with Crippen LogP contribution in [0.4, 0.5) is 5.69 Å². The van der Waals surface area contributed by atoms with Crippen molar-refractivity contribution in [2.24, 2.45) is 0 Å². The number of nitro groups is 1. The summed E-state index contributed by atoms with van der Waals surface area (Å²) in [6.45, 7) is 1.86. The zero-order valence-corrected chi connectivity index (χ0v) is 10.9. The second-order valence-electron chi connectivity index (χ2n) is 4.20. The molecule has 104 valence electrons. The Morgan fingerprint density at radius 2 is 2.15 bits per heavy atom. The molecule has 0 bridgehead atoms. The van der Waals surface area contributed by atoms with Gasteiger partial charge in [-0.1, -0.05) is 13.0 Å². The molecule has 6 nitrogen and oxygen atoms in total. The Labute approximate surface area is 115 Å². The number of nitrogens with zero attached hydrogens (tertiary/aromatic N) is 2. The maximum atomic E-state index is 10.7. The van der Waals surface area contributed by atoms with Crippen LogP contribution in [0.15, 0.2) is 42.6 Å². The third-order valence-corrected chi connectivity index (χ3v) is 2.75. The maximum absolute atomic E-state index is 10.7. The lowest BCUT2D eigenvalue weighted by molar-refractivity contribution is -0.384. The molecule has 0 unspecified atom stereocenters. The van der Waals surface area contributed by atoms with Crippen molar-refractivity contribution in [2.45, 2.75) is 19.4 Å². The molecule has 0 saturated carbocycles. The molecule has 0 fully saturated rings. The molecule has 2 rings (SSSR count). The molecule has 1 heterocycles. The van der Waals surface area contributed by atoms with Gasteiger partial charge in [0.2, 0.25) is 0 Å². The zero-order chi connectivity index (χ0) is 14.5. The second-order valence-corrected chi connectivity index (χ2v) is 4.20. The van der Waals surface area contributed by atoms with Crippen molar-refractivity contribution in [3.05, 3.63) is 58.4 Å². The van der Waals surface area contributed by atoms with Crippen LogP contribution in [0.5, 0.6) is 11.5 Å². The minimum Gasteiger partial charge on any atom is -0.455 e. The Kier molecular flexibility index (Phi) is 4.27. The number of non-ortho nitro benzene ring substituents is 1. The normalized spacial score (nSPS) is 11.9. The minimum atomic E-state index is -0.595. The Morgan fingerprint density at radius 1 is 1.35 bits per heavy atom. The van der Waals surface area contributed by atoms with E-state index in [0.717, 1.165) is 0 Å². The number of ether oxygens (including phenoxy) is 1. The predicted molar refractivity (Wildman–Crippen MR) is 72.7 cm³/mol. The van der Waals surface area contributed by atoms with E-state index in [1.165, 1.54) is 18.3 Å². The Bertz CT molecular complexity index is 598. The molecule has 1 N–H and O–H groups in total. The van der Waals surface area contributed by atoms with E-state index < -0.39 is 11.0 Å². The highest BCUT2D eigenvalue weighted by molar-refractivity contribution is 5.40. The number of hydrogen-bond acceptors (Lipinski definition) is 5. The van der Waals surface area contributed by atoms with Crippen molar-refractivity contribution in [2.75, 3.05) is 0 Å². The number of pyridine rings is 1. The Hall–Kier alpha value is -2.47. The first kappa shape index (κ1) is 14.0. The first-order valence-electron chi connectivity index (χ1n) is 6.16. The minimum absolute atomic E-state index is 0.0338. The van der Waals surface area contributed by atoms with Gasteiger partial charge in [-0.05, 0) is 24.6 Å². The molecule has 2 aromatic rings. The van der Waals surface area contributed by atoms with Crippen molar-refractivity contribution in [3.63, 3.8) is 0 Å². The first-order valence-corrected chi connectivity index (χ1v) is 6.16. The lowest BCUT2D eigenvalue weighted by Gasteiger charge is -2.08. The van der Waals surface area contributed by atoms with E-state index in [1.807, 2.05) is 6.92 Å². The highest BCUT2D eigenvalue weighted by atomic mass is 16.6. The van der Waals surface area contributed by atoms with Crippen LogP contribution in [0.1, 0.15) is 25.1 Å². The molecule has 1 aromatic carbocycles. The number of hydrogen-bond donors (Lipinski definition) is 1. The zero-order valence-electron chi connectivity index (χ0n) is 10.9. The van der Waals surface area contributed by atoms with Gasteiger partial charge in [0.1, 0.15) is 11.5 Å². The molecule has 0 amide bonds. The summed E-state index contributed by atoms with van der Waals surface area (Å²) in [7, 11) is 0. The number of nitro benzene ring substituents is 1. The predicted octanol–water partition coefficient (Wildman–Crippen LogP) is 3.23. The standard InChI is InChI=1S/C14H14N2O4/c1-2-14(17)13-7-6-12(9-15-13)20-11-5-3-4-10(8-11)16(18)19/h3-9,14,17H,2H2,1H3/t14-/m1/s1. The van der Waals surface area contributed by atoms with E-state index in [0.29, 0.717) is 23.6 Å². The molecule has 0 spiro atoms. The molecule has 6 heteroatoms. The van der Waals surface area contributed by atoms with Gasteiger partial charge in [0, 0.05) is 6.07 Å². The number of aliphatic hydroxyl groups is 1. The van der Waals surface area contributed by atoms with Crippen molar-refractivity contribution in [1.82, 2.24) is 4.98 Å². The van der Waals surface area contributed by atoms with Gasteiger partial charge in [-0.3, -0.25) is 15.1 Å². The van der Waals surface area contributed by atoms with Crippen LogP contribution in [0.25, 0.3) is 0 Å². The fourth-order valence-electron chi connectivity index (χ4n) is 1.66. The molecular formula is C14H14N2O4. The largest absolute Gasteiger partial charge is 0.455 e. The summed E-state index contributed by atoms with van der Waals surface area (Å²) in [6.07, 6.45) is 1.47. The molecule has 0 aliphatic heterocycles. The van der Waals surface area contributed by atoms with Gasteiger partial charge in [0.25, 0.3) is 5.69 Å². The van der Waals surface area contributed by atoms with Gasteiger partial charge < -0.3 is 9.84 Å². The van der Waals surface area contributed by atoms with Gasteiger partial charge in [0.05, 0.1) is 29.0 Å². The van der Waals surface area contributed by atoms with Crippen LogP contribution < -0.4 is 4.74 Å². The van der Waals surface area contributed by atoms with E-state index in [9.17, 15) is 15.2 Å². The van der Waals surface area contributed by atoms with Gasteiger partial charge in [-0.15, -0.1) is 0 Å². The molecule has 20 heavy (non-hydrogen) atoms. The summed E-state index contributed by atoms with van der Waals surface area (Å²) < 4.78 is 5.49. The number of benzene rings is 1. The molecule has 0 saturated heterocycles. The van der Waals surface area contributed by atoms with Gasteiger partial charge in [-0.2, -0.15) is 0 Å². The maximum Gasteiger partial charge on any atom is 0.273 e. The van der Waals surface area contributed by atoms with E-state index in [4.69, 9.17) is 4.74 Å². The Balaban J connectivity index is 2.14. The number of aliphatic hydroxyl groups excluding tert-OH is 1. The number of aromatic nitrogens is 1. The van der Waals surface area contributed by atoms with E-state index in [1.54, 1.807) is 24.3 Å². The number of rotatable bonds is 5. The summed E-state index contributed by atoms with van der Waals surface area (Å²) >= 11 is 0. The summed E-state index contributed by atoms with van der Waals surface area (Å²) in [5.41, 5.74) is 0.535. The van der Waals surface area contributed by atoms with E-state index in [2.05, 4.69) is 4.98 Å². The Morgan fingerprint density at radius 3 is 2.75 bits per heavy atom. The summed E-state index contributed by atoms with van der Waals surface area (Å²) in [6, 6.07) is 9.25. The fourth-order valence-corrected chi connectivity index (χ4v) is 1.66. The SMILES string of the molecule is CC[C@@H](O)c1ccc(Oc2cccc([N+](=O)[O-])c2)cn1. The lowest BCUT2D eigenvalue weighted by atomic mass is 10.2. The summed E-state index contributed by atoms with van der Waals surface area (Å²) in [5.74, 6) is 0.822. The topological polar surface area (TPSA) is 85.5 Å². The summed E-state index contributed by atoms with van der Waals surface area (Å²) in [5, 5.41) is 20.3. The highest BCUT2D eigenvalue weighted by Gasteiger charge is 2.09. The third-order valence-electron chi connectivity index (χ3n) is 2.75. The van der Waals surface area contributed by atoms with Crippen molar-refractivity contribution >= 4 is 5.69 Å². The fraction of sp³-hybridized carbons (Fsp3) is 0.214. The average molecular weight is 274 g/mol. The highest BCUT2D eigenvalue weighted by Crippen LogP contribution is 2.25. The molecule has 0 aliphatic rings.